The Morgan fingerprint density at radius 1 is 1.15 bits per heavy atom. The Balaban J connectivity index is 2.05. The zero-order valence-corrected chi connectivity index (χ0v) is 13.5. The van der Waals surface area contributed by atoms with E-state index in [0.717, 1.165) is 21.3 Å². The summed E-state index contributed by atoms with van der Waals surface area (Å²) in [5, 5.41) is 10.9. The highest BCUT2D eigenvalue weighted by Crippen LogP contribution is 2.24. The number of aliphatic hydroxyl groups is 1. The van der Waals surface area contributed by atoms with E-state index in [1.807, 2.05) is 36.4 Å². The second kappa shape index (κ2) is 7.11. The van der Waals surface area contributed by atoms with E-state index in [1.165, 1.54) is 0 Å². The Hall–Kier alpha value is -1.03. The van der Waals surface area contributed by atoms with Gasteiger partial charge in [0.1, 0.15) is 5.75 Å². The minimum Gasteiger partial charge on any atom is -0.496 e. The highest BCUT2D eigenvalue weighted by Gasteiger charge is 2.11. The smallest absolute Gasteiger partial charge is 0.122 e. The molecule has 0 aromatic heterocycles. The summed E-state index contributed by atoms with van der Waals surface area (Å²) in [4.78, 5) is 0. The van der Waals surface area contributed by atoms with Crippen molar-refractivity contribution < 1.29 is 9.84 Å². The minimum absolute atomic E-state index is 0.469. The number of benzene rings is 2. The SMILES string of the molecule is COc1ccc(Cl)cc1CC(O)Cc1ccc(Br)cc1. The average molecular weight is 356 g/mol. The molecule has 2 rings (SSSR count). The fourth-order valence-electron chi connectivity index (χ4n) is 2.13. The van der Waals surface area contributed by atoms with Crippen LogP contribution in [-0.2, 0) is 12.8 Å². The lowest BCUT2D eigenvalue weighted by molar-refractivity contribution is 0.174. The fraction of sp³-hybridized carbons (Fsp3) is 0.250. The summed E-state index contributed by atoms with van der Waals surface area (Å²) in [6.45, 7) is 0. The lowest BCUT2D eigenvalue weighted by atomic mass is 10.0. The van der Waals surface area contributed by atoms with Gasteiger partial charge in [-0.3, -0.25) is 0 Å². The van der Waals surface area contributed by atoms with E-state index in [-0.39, 0.29) is 0 Å². The maximum atomic E-state index is 10.2. The summed E-state index contributed by atoms with van der Waals surface area (Å²) in [5.74, 6) is 0.754. The molecule has 0 fully saturated rings. The zero-order valence-electron chi connectivity index (χ0n) is 11.1. The van der Waals surface area contributed by atoms with Crippen LogP contribution in [-0.4, -0.2) is 18.3 Å². The predicted octanol–water partition coefficient (Wildman–Crippen LogP) is 4.26. The largest absolute Gasteiger partial charge is 0.496 e. The summed E-state index contributed by atoms with van der Waals surface area (Å²) >= 11 is 9.39. The van der Waals surface area contributed by atoms with E-state index in [1.54, 1.807) is 13.2 Å². The van der Waals surface area contributed by atoms with Crippen molar-refractivity contribution >= 4 is 27.5 Å². The number of halogens is 2. The summed E-state index contributed by atoms with van der Waals surface area (Å²) in [5.41, 5.74) is 2.02. The molecule has 2 aromatic rings. The first kappa shape index (κ1) is 15.4. The van der Waals surface area contributed by atoms with Crippen LogP contribution in [0.1, 0.15) is 11.1 Å². The van der Waals surface area contributed by atoms with E-state index in [0.29, 0.717) is 17.9 Å². The molecule has 0 saturated carbocycles. The van der Waals surface area contributed by atoms with Crippen LogP contribution in [0.5, 0.6) is 5.75 Å². The molecule has 0 amide bonds. The number of hydrogen-bond donors (Lipinski definition) is 1. The third-order valence-electron chi connectivity index (χ3n) is 3.08. The number of aliphatic hydroxyl groups excluding tert-OH is 1. The Labute approximate surface area is 132 Å². The van der Waals surface area contributed by atoms with Gasteiger partial charge >= 0.3 is 0 Å². The first-order valence-electron chi connectivity index (χ1n) is 6.33. The Morgan fingerprint density at radius 2 is 1.85 bits per heavy atom. The molecule has 0 aliphatic heterocycles. The van der Waals surface area contributed by atoms with Crippen LogP contribution in [0.25, 0.3) is 0 Å². The third kappa shape index (κ3) is 4.23. The van der Waals surface area contributed by atoms with Gasteiger partial charge in [-0.1, -0.05) is 39.7 Å². The number of ether oxygens (including phenoxy) is 1. The third-order valence-corrected chi connectivity index (χ3v) is 3.85. The van der Waals surface area contributed by atoms with E-state index >= 15 is 0 Å². The van der Waals surface area contributed by atoms with Crippen LogP contribution in [0.15, 0.2) is 46.9 Å². The lowest BCUT2D eigenvalue weighted by Crippen LogP contribution is -2.14. The van der Waals surface area contributed by atoms with Crippen LogP contribution < -0.4 is 4.74 Å². The van der Waals surface area contributed by atoms with Gasteiger partial charge in [0, 0.05) is 15.9 Å². The van der Waals surface area contributed by atoms with E-state index in [9.17, 15) is 5.11 Å². The Morgan fingerprint density at radius 3 is 2.50 bits per heavy atom. The van der Waals surface area contributed by atoms with Gasteiger partial charge in [0.2, 0.25) is 0 Å². The molecular formula is C16H16BrClO2. The molecule has 2 aromatic carbocycles. The van der Waals surface area contributed by atoms with Crippen molar-refractivity contribution in [3.8, 4) is 5.75 Å². The standard InChI is InChI=1S/C16H16BrClO2/c1-20-16-7-6-14(18)9-12(16)10-15(19)8-11-2-4-13(17)5-3-11/h2-7,9,15,19H,8,10H2,1H3. The normalized spacial score (nSPS) is 12.2. The highest BCUT2D eigenvalue weighted by atomic mass is 79.9. The van der Waals surface area contributed by atoms with Gasteiger partial charge in [0.15, 0.2) is 0 Å². The lowest BCUT2D eigenvalue weighted by Gasteiger charge is -2.14. The molecule has 106 valence electrons. The van der Waals surface area contributed by atoms with Crippen molar-refractivity contribution in [1.82, 2.24) is 0 Å². The molecule has 1 unspecified atom stereocenters. The van der Waals surface area contributed by atoms with E-state index < -0.39 is 6.10 Å². The molecule has 20 heavy (non-hydrogen) atoms. The van der Waals surface area contributed by atoms with Crippen molar-refractivity contribution in [2.75, 3.05) is 7.11 Å². The summed E-state index contributed by atoms with van der Waals surface area (Å²) in [7, 11) is 1.62. The van der Waals surface area contributed by atoms with Crippen molar-refractivity contribution in [2.24, 2.45) is 0 Å². The van der Waals surface area contributed by atoms with Crippen molar-refractivity contribution in [3.63, 3.8) is 0 Å². The van der Waals surface area contributed by atoms with Gasteiger partial charge in [0.05, 0.1) is 13.2 Å². The molecular weight excluding hydrogens is 340 g/mol. The molecule has 0 saturated heterocycles. The summed E-state index contributed by atoms with van der Waals surface area (Å²) in [6, 6.07) is 13.4. The van der Waals surface area contributed by atoms with Gasteiger partial charge in [-0.15, -0.1) is 0 Å². The second-order valence-corrected chi connectivity index (χ2v) is 6.00. The average Bonchev–Trinajstić information content (AvgIpc) is 2.41. The van der Waals surface area contributed by atoms with E-state index in [4.69, 9.17) is 16.3 Å². The predicted molar refractivity (Wildman–Crippen MR) is 85.6 cm³/mol. The van der Waals surface area contributed by atoms with Gasteiger partial charge in [0.25, 0.3) is 0 Å². The topological polar surface area (TPSA) is 29.5 Å². The second-order valence-electron chi connectivity index (χ2n) is 4.64. The molecule has 4 heteroatoms. The quantitative estimate of drug-likeness (QED) is 0.868. The number of methoxy groups -OCH3 is 1. The molecule has 1 atom stereocenters. The van der Waals surface area contributed by atoms with Crippen LogP contribution >= 0.6 is 27.5 Å². The highest BCUT2D eigenvalue weighted by molar-refractivity contribution is 9.10. The zero-order chi connectivity index (χ0) is 14.5. The van der Waals surface area contributed by atoms with Gasteiger partial charge < -0.3 is 9.84 Å². The number of rotatable bonds is 5. The van der Waals surface area contributed by atoms with Crippen molar-refractivity contribution in [3.05, 3.63) is 63.1 Å². The minimum atomic E-state index is -0.469. The fourth-order valence-corrected chi connectivity index (χ4v) is 2.58. The maximum absolute atomic E-state index is 10.2. The summed E-state index contributed by atoms with van der Waals surface area (Å²) in [6.07, 6.45) is 0.645. The first-order chi connectivity index (χ1) is 9.58. The van der Waals surface area contributed by atoms with Gasteiger partial charge in [-0.25, -0.2) is 0 Å². The molecule has 0 heterocycles. The molecule has 1 N–H and O–H groups in total. The van der Waals surface area contributed by atoms with Crippen molar-refractivity contribution in [1.29, 1.82) is 0 Å². The molecule has 0 aliphatic carbocycles. The molecule has 0 aliphatic rings. The molecule has 0 radical (unpaired) electrons. The van der Waals surface area contributed by atoms with Crippen LogP contribution in [0.2, 0.25) is 5.02 Å². The summed E-state index contributed by atoms with van der Waals surface area (Å²) < 4.78 is 6.33. The van der Waals surface area contributed by atoms with Crippen LogP contribution in [0.4, 0.5) is 0 Å². The monoisotopic (exact) mass is 354 g/mol. The molecule has 0 spiro atoms. The van der Waals surface area contributed by atoms with Gasteiger partial charge in [-0.05, 0) is 47.9 Å². The van der Waals surface area contributed by atoms with E-state index in [2.05, 4.69) is 15.9 Å². The number of hydrogen-bond acceptors (Lipinski definition) is 2. The van der Waals surface area contributed by atoms with Crippen LogP contribution in [0, 0.1) is 0 Å². The van der Waals surface area contributed by atoms with Gasteiger partial charge in [-0.2, -0.15) is 0 Å². The van der Waals surface area contributed by atoms with Crippen LogP contribution in [0.3, 0.4) is 0 Å². The Bertz CT molecular complexity index is 569. The van der Waals surface area contributed by atoms with Crippen molar-refractivity contribution in [2.45, 2.75) is 18.9 Å². The molecule has 2 nitrogen and oxygen atoms in total. The molecule has 0 bridgehead atoms. The Kier molecular flexibility index (Phi) is 5.46. The first-order valence-corrected chi connectivity index (χ1v) is 7.50. The maximum Gasteiger partial charge on any atom is 0.122 e.